The van der Waals surface area contributed by atoms with Gasteiger partial charge in [-0.15, -0.1) is 0 Å². The lowest BCUT2D eigenvalue weighted by atomic mass is 10.4. The summed E-state index contributed by atoms with van der Waals surface area (Å²) in [4.78, 5) is 3.77. The molecule has 0 N–H and O–H groups in total. The molecule has 0 amide bonds. The van der Waals surface area contributed by atoms with Crippen LogP contribution in [0.25, 0.3) is 5.65 Å². The Morgan fingerprint density at radius 3 is 3.09 bits per heavy atom. The fourth-order valence-corrected chi connectivity index (χ4v) is 1.13. The van der Waals surface area contributed by atoms with Gasteiger partial charge in [0.1, 0.15) is 5.15 Å². The summed E-state index contributed by atoms with van der Waals surface area (Å²) >= 11 is 5.68. The van der Waals surface area contributed by atoms with Crippen molar-refractivity contribution in [2.24, 2.45) is 0 Å². The molecular weight excluding hydrogens is 167 g/mol. The molecule has 0 bridgehead atoms. The molecule has 56 valence electrons. The van der Waals surface area contributed by atoms with E-state index in [4.69, 9.17) is 11.6 Å². The number of halogens is 2. The van der Waals surface area contributed by atoms with Gasteiger partial charge in [0.25, 0.3) is 0 Å². The molecule has 0 aliphatic rings. The van der Waals surface area contributed by atoms with Gasteiger partial charge in [-0.1, -0.05) is 11.6 Å². The maximum absolute atomic E-state index is 12.9. The number of nitrogens with zero attached hydrogens (tertiary/aromatic N) is 2. The van der Waals surface area contributed by atoms with Crippen LogP contribution in [-0.4, -0.2) is 9.38 Å². The van der Waals surface area contributed by atoms with E-state index in [1.165, 1.54) is 16.7 Å². The zero-order valence-corrected chi connectivity index (χ0v) is 6.22. The minimum Gasteiger partial charge on any atom is -0.288 e. The fourth-order valence-electron chi connectivity index (χ4n) is 0.947. The number of hydrogen-bond donors (Lipinski definition) is 0. The molecule has 0 fully saturated rings. The fraction of sp³-hybridized carbons (Fsp3) is 0. The molecule has 2 aromatic rings. The molecule has 0 radical (unpaired) electrons. The van der Waals surface area contributed by atoms with E-state index in [1.54, 1.807) is 12.3 Å². The van der Waals surface area contributed by atoms with Crippen molar-refractivity contribution >= 4 is 17.2 Å². The Morgan fingerprint density at radius 2 is 2.36 bits per heavy atom. The van der Waals surface area contributed by atoms with Gasteiger partial charge in [0.2, 0.25) is 0 Å². The van der Waals surface area contributed by atoms with Crippen molar-refractivity contribution < 1.29 is 4.39 Å². The maximum Gasteiger partial charge on any atom is 0.174 e. The Balaban J connectivity index is 2.94. The van der Waals surface area contributed by atoms with Crippen LogP contribution in [0, 0.1) is 5.82 Å². The van der Waals surface area contributed by atoms with Crippen LogP contribution in [0.15, 0.2) is 24.5 Å². The molecule has 0 saturated heterocycles. The highest BCUT2D eigenvalue weighted by Crippen LogP contribution is 2.13. The van der Waals surface area contributed by atoms with Crippen LogP contribution in [0.2, 0.25) is 5.15 Å². The maximum atomic E-state index is 12.9. The van der Waals surface area contributed by atoms with Crippen LogP contribution in [0.1, 0.15) is 0 Å². The first-order chi connectivity index (χ1) is 5.29. The number of pyridine rings is 1. The molecule has 0 spiro atoms. The molecule has 2 nitrogen and oxygen atoms in total. The Hall–Kier alpha value is -1.09. The summed E-state index contributed by atoms with van der Waals surface area (Å²) in [5.74, 6) is -0.362. The van der Waals surface area contributed by atoms with Gasteiger partial charge in [-0.3, -0.25) is 4.40 Å². The van der Waals surface area contributed by atoms with Gasteiger partial charge in [-0.2, -0.15) is 0 Å². The van der Waals surface area contributed by atoms with Crippen molar-refractivity contribution in [2.75, 3.05) is 0 Å². The Morgan fingerprint density at radius 1 is 1.55 bits per heavy atom. The SMILES string of the molecule is Fc1cccn2c(Cl)cnc12. The number of imidazole rings is 1. The van der Waals surface area contributed by atoms with E-state index in [-0.39, 0.29) is 11.5 Å². The third-order valence-electron chi connectivity index (χ3n) is 1.44. The summed E-state index contributed by atoms with van der Waals surface area (Å²) < 4.78 is 14.3. The van der Waals surface area contributed by atoms with Gasteiger partial charge in [0.15, 0.2) is 11.5 Å². The summed E-state index contributed by atoms with van der Waals surface area (Å²) in [6, 6.07) is 2.93. The first-order valence-electron chi connectivity index (χ1n) is 3.06. The molecule has 4 heteroatoms. The Kier molecular flexibility index (Phi) is 1.32. The monoisotopic (exact) mass is 170 g/mol. The van der Waals surface area contributed by atoms with E-state index >= 15 is 0 Å². The normalized spacial score (nSPS) is 10.7. The van der Waals surface area contributed by atoms with E-state index in [0.717, 1.165) is 0 Å². The van der Waals surface area contributed by atoms with E-state index in [1.807, 2.05) is 0 Å². The largest absolute Gasteiger partial charge is 0.288 e. The summed E-state index contributed by atoms with van der Waals surface area (Å²) in [6.45, 7) is 0. The lowest BCUT2D eigenvalue weighted by Gasteiger charge is -1.93. The Bertz CT molecular complexity index is 396. The quantitative estimate of drug-likeness (QED) is 0.592. The molecule has 0 saturated carbocycles. The van der Waals surface area contributed by atoms with Crippen molar-refractivity contribution in [1.29, 1.82) is 0 Å². The average Bonchev–Trinajstić information content (AvgIpc) is 2.35. The van der Waals surface area contributed by atoms with Crippen LogP contribution in [0.5, 0.6) is 0 Å². The molecule has 2 rings (SSSR count). The minimum absolute atomic E-state index is 0.262. The third kappa shape index (κ3) is 0.886. The van der Waals surface area contributed by atoms with E-state index < -0.39 is 0 Å². The molecule has 0 aliphatic carbocycles. The smallest absolute Gasteiger partial charge is 0.174 e. The van der Waals surface area contributed by atoms with Crippen molar-refractivity contribution in [1.82, 2.24) is 9.38 Å². The number of aromatic nitrogens is 2. The number of hydrogen-bond acceptors (Lipinski definition) is 1. The topological polar surface area (TPSA) is 17.3 Å². The van der Waals surface area contributed by atoms with Crippen molar-refractivity contribution in [3.63, 3.8) is 0 Å². The molecule has 0 aromatic carbocycles. The van der Waals surface area contributed by atoms with E-state index in [0.29, 0.717) is 5.15 Å². The molecule has 2 aromatic heterocycles. The summed E-state index contributed by atoms with van der Waals surface area (Å²) in [5.41, 5.74) is 0.262. The van der Waals surface area contributed by atoms with Crippen LogP contribution in [-0.2, 0) is 0 Å². The van der Waals surface area contributed by atoms with Crippen LogP contribution >= 0.6 is 11.6 Å². The molecular formula is C7H4ClFN2. The second-order valence-electron chi connectivity index (χ2n) is 2.13. The standard InChI is InChI=1S/C7H4ClFN2/c8-6-4-10-7-5(9)2-1-3-11(6)7/h1-4H. The lowest BCUT2D eigenvalue weighted by molar-refractivity contribution is 0.630. The van der Waals surface area contributed by atoms with Gasteiger partial charge in [-0.25, -0.2) is 9.37 Å². The predicted molar refractivity (Wildman–Crippen MR) is 40.2 cm³/mol. The van der Waals surface area contributed by atoms with Crippen molar-refractivity contribution in [3.05, 3.63) is 35.5 Å². The first-order valence-corrected chi connectivity index (χ1v) is 3.44. The zero-order chi connectivity index (χ0) is 7.84. The van der Waals surface area contributed by atoms with E-state index in [2.05, 4.69) is 4.98 Å². The number of fused-ring (bicyclic) bond motifs is 1. The minimum atomic E-state index is -0.362. The zero-order valence-electron chi connectivity index (χ0n) is 5.46. The van der Waals surface area contributed by atoms with Gasteiger partial charge >= 0.3 is 0 Å². The molecule has 0 atom stereocenters. The predicted octanol–water partition coefficient (Wildman–Crippen LogP) is 2.13. The second-order valence-corrected chi connectivity index (χ2v) is 2.52. The third-order valence-corrected chi connectivity index (χ3v) is 1.72. The highest BCUT2D eigenvalue weighted by atomic mass is 35.5. The van der Waals surface area contributed by atoms with Crippen molar-refractivity contribution in [3.8, 4) is 0 Å². The highest BCUT2D eigenvalue weighted by molar-refractivity contribution is 6.29. The highest BCUT2D eigenvalue weighted by Gasteiger charge is 2.03. The van der Waals surface area contributed by atoms with Gasteiger partial charge in [0, 0.05) is 6.20 Å². The summed E-state index contributed by atoms with van der Waals surface area (Å²) in [5, 5.41) is 0.416. The molecule has 0 unspecified atom stereocenters. The van der Waals surface area contributed by atoms with Crippen LogP contribution < -0.4 is 0 Å². The van der Waals surface area contributed by atoms with E-state index in [9.17, 15) is 4.39 Å². The summed E-state index contributed by atoms with van der Waals surface area (Å²) in [7, 11) is 0. The number of rotatable bonds is 0. The summed E-state index contributed by atoms with van der Waals surface area (Å²) in [6.07, 6.45) is 3.08. The van der Waals surface area contributed by atoms with Gasteiger partial charge in [0.05, 0.1) is 6.20 Å². The Labute approximate surface area is 67.2 Å². The van der Waals surface area contributed by atoms with Crippen LogP contribution in [0.3, 0.4) is 0 Å². The van der Waals surface area contributed by atoms with Crippen LogP contribution in [0.4, 0.5) is 4.39 Å². The first kappa shape index (κ1) is 6.61. The van der Waals surface area contributed by atoms with Crippen molar-refractivity contribution in [2.45, 2.75) is 0 Å². The molecule has 11 heavy (non-hydrogen) atoms. The molecule has 0 aliphatic heterocycles. The average molecular weight is 171 g/mol. The van der Waals surface area contributed by atoms with Gasteiger partial charge in [-0.05, 0) is 12.1 Å². The van der Waals surface area contributed by atoms with Gasteiger partial charge < -0.3 is 0 Å². The lowest BCUT2D eigenvalue weighted by Crippen LogP contribution is -1.86. The molecule has 2 heterocycles. The second kappa shape index (κ2) is 2.20.